The van der Waals surface area contributed by atoms with Crippen LogP contribution in [0, 0.1) is 0 Å². The highest BCUT2D eigenvalue weighted by molar-refractivity contribution is 5.70. The minimum absolute atomic E-state index is 0.144. The lowest BCUT2D eigenvalue weighted by atomic mass is 10.0. The molecule has 0 rings (SSSR count). The number of hydrogen-bond donors (Lipinski definition) is 0. The lowest BCUT2D eigenvalue weighted by Gasteiger charge is -2.26. The molecule has 444 valence electrons. The Labute approximate surface area is 474 Å². The van der Waals surface area contributed by atoms with Gasteiger partial charge in [0.15, 0.2) is 12.4 Å². The van der Waals surface area contributed by atoms with Gasteiger partial charge in [0.1, 0.15) is 13.2 Å². The van der Waals surface area contributed by atoms with E-state index in [4.69, 9.17) is 18.9 Å². The van der Waals surface area contributed by atoms with Gasteiger partial charge >= 0.3 is 11.9 Å². The first-order valence-corrected chi connectivity index (χ1v) is 31.7. The number of nitrogens with zero attached hydrogens (tertiary/aromatic N) is 1. The summed E-state index contributed by atoms with van der Waals surface area (Å²) in [6.45, 7) is 4.65. The number of allylic oxidation sites excluding steroid dienone is 14. The van der Waals surface area contributed by atoms with Crippen molar-refractivity contribution in [2.45, 2.75) is 283 Å². The quantitative estimate of drug-likeness (QED) is 0.0195. The van der Waals surface area contributed by atoms with Gasteiger partial charge < -0.3 is 33.3 Å². The van der Waals surface area contributed by atoms with Gasteiger partial charge in [-0.3, -0.25) is 9.59 Å². The molecule has 9 heteroatoms. The van der Waals surface area contributed by atoms with Crippen LogP contribution in [0.5, 0.6) is 0 Å². The first kappa shape index (κ1) is 73.5. The maximum Gasteiger partial charge on any atom is 0.306 e. The third kappa shape index (κ3) is 60.0. The van der Waals surface area contributed by atoms with E-state index in [1.165, 1.54) is 154 Å². The molecule has 0 aromatic rings. The molecule has 0 aromatic heterocycles. The molecule has 9 nitrogen and oxygen atoms in total. The molecule has 77 heavy (non-hydrogen) atoms. The van der Waals surface area contributed by atoms with E-state index in [1.54, 1.807) is 0 Å². The average Bonchev–Trinajstić information content (AvgIpc) is 3.40. The molecular weight excluding hydrogens is 959 g/mol. The number of carboxylic acids is 1. The van der Waals surface area contributed by atoms with Crippen LogP contribution in [0.25, 0.3) is 0 Å². The van der Waals surface area contributed by atoms with Crippen molar-refractivity contribution in [3.8, 4) is 0 Å². The van der Waals surface area contributed by atoms with E-state index in [2.05, 4.69) is 98.9 Å². The number of carbonyl (C=O) groups is 3. The van der Waals surface area contributed by atoms with Crippen LogP contribution in [0.2, 0.25) is 0 Å². The van der Waals surface area contributed by atoms with Gasteiger partial charge in [-0.15, -0.1) is 0 Å². The van der Waals surface area contributed by atoms with E-state index in [1.807, 2.05) is 21.1 Å². The summed E-state index contributed by atoms with van der Waals surface area (Å²) in [5.74, 6) is -2.29. The van der Waals surface area contributed by atoms with Crippen molar-refractivity contribution in [2.75, 3.05) is 47.5 Å². The molecule has 0 N–H and O–H groups in total. The normalized spacial score (nSPS) is 13.3. The fourth-order valence-corrected chi connectivity index (χ4v) is 8.77. The zero-order valence-corrected chi connectivity index (χ0v) is 50.6. The molecule has 0 aromatic carbocycles. The summed E-state index contributed by atoms with van der Waals surface area (Å²) in [6, 6.07) is 0. The van der Waals surface area contributed by atoms with Crippen LogP contribution in [0.4, 0.5) is 0 Å². The molecule has 0 bridgehead atoms. The smallest absolute Gasteiger partial charge is 0.306 e. The molecule has 0 saturated heterocycles. The minimum Gasteiger partial charge on any atom is -0.545 e. The van der Waals surface area contributed by atoms with Gasteiger partial charge in [0.25, 0.3) is 0 Å². The standard InChI is InChI=1S/C68H119NO8/c1-6-8-10-12-14-16-18-20-22-24-26-28-30-31-32-33-34-35-37-39-41-43-45-47-49-51-53-55-57-59-66(71)77-64(63-76-68(67(72)73)74-61-60-69(3,4)5)62-75-65(70)58-56-54-52-50-48-46-44-42-40-38-36-29-27-25-23-21-19-17-15-13-11-9-7-2/h8,10,14,16,20,22,25-28,31-32,34-35,64,68H,6-7,9,11-13,15,17-19,21,23-24,29-30,33,36-63H2,1-5H3/b10-8-,16-14-,22-20-,27-25-,28-26-,32-31-,35-34-. The molecule has 0 aliphatic heterocycles. The average molecular weight is 1080 g/mol. The van der Waals surface area contributed by atoms with Crippen LogP contribution in [-0.2, 0) is 33.3 Å². The molecular formula is C68H119NO8. The Morgan fingerprint density at radius 1 is 0.403 bits per heavy atom. The van der Waals surface area contributed by atoms with Crippen LogP contribution < -0.4 is 5.11 Å². The molecule has 2 unspecified atom stereocenters. The number of likely N-dealkylation sites (N-methyl/N-ethyl adjacent to an activating group) is 1. The first-order chi connectivity index (χ1) is 37.6. The highest BCUT2D eigenvalue weighted by Gasteiger charge is 2.22. The Hall–Kier alpha value is -3.53. The predicted octanol–water partition coefficient (Wildman–Crippen LogP) is 17.8. The predicted molar refractivity (Wildman–Crippen MR) is 324 cm³/mol. The van der Waals surface area contributed by atoms with E-state index < -0.39 is 24.3 Å². The van der Waals surface area contributed by atoms with E-state index in [0.29, 0.717) is 17.4 Å². The van der Waals surface area contributed by atoms with E-state index in [9.17, 15) is 19.5 Å². The summed E-state index contributed by atoms with van der Waals surface area (Å²) < 4.78 is 22.8. The number of carbonyl (C=O) groups excluding carboxylic acids is 3. The van der Waals surface area contributed by atoms with Gasteiger partial charge in [0, 0.05) is 12.8 Å². The lowest BCUT2D eigenvalue weighted by Crippen LogP contribution is -2.44. The topological polar surface area (TPSA) is 111 Å². The molecule has 2 atom stereocenters. The van der Waals surface area contributed by atoms with E-state index >= 15 is 0 Å². The van der Waals surface area contributed by atoms with Crippen molar-refractivity contribution in [2.24, 2.45) is 0 Å². The summed E-state index contributed by atoms with van der Waals surface area (Å²) in [4.78, 5) is 37.4. The zero-order chi connectivity index (χ0) is 56.2. The Balaban J connectivity index is 4.21. The third-order valence-electron chi connectivity index (χ3n) is 13.6. The van der Waals surface area contributed by atoms with Crippen LogP contribution in [0.15, 0.2) is 85.1 Å². The summed E-state index contributed by atoms with van der Waals surface area (Å²) in [7, 11) is 5.92. The van der Waals surface area contributed by atoms with Gasteiger partial charge in [-0.25, -0.2) is 0 Å². The summed E-state index contributed by atoms with van der Waals surface area (Å²) >= 11 is 0. The summed E-state index contributed by atoms with van der Waals surface area (Å²) in [6.07, 6.45) is 74.9. The maximum absolute atomic E-state index is 12.9. The van der Waals surface area contributed by atoms with Crippen molar-refractivity contribution < 1.29 is 42.9 Å². The molecule has 0 aliphatic rings. The number of esters is 2. The Morgan fingerprint density at radius 2 is 0.740 bits per heavy atom. The van der Waals surface area contributed by atoms with Crippen molar-refractivity contribution in [3.05, 3.63) is 85.1 Å². The number of hydrogen-bond acceptors (Lipinski definition) is 8. The van der Waals surface area contributed by atoms with Crippen LogP contribution in [-0.4, -0.2) is 82.3 Å². The van der Waals surface area contributed by atoms with E-state index in [-0.39, 0.29) is 38.6 Å². The molecule has 0 radical (unpaired) electrons. The summed E-state index contributed by atoms with van der Waals surface area (Å²) in [5.41, 5.74) is 0. The number of ether oxygens (including phenoxy) is 4. The van der Waals surface area contributed by atoms with Crippen LogP contribution in [0.1, 0.15) is 271 Å². The molecule has 0 aliphatic carbocycles. The highest BCUT2D eigenvalue weighted by Crippen LogP contribution is 2.16. The van der Waals surface area contributed by atoms with Crippen LogP contribution in [0.3, 0.4) is 0 Å². The fraction of sp³-hybridized carbons (Fsp3) is 0.750. The van der Waals surface area contributed by atoms with Crippen molar-refractivity contribution >= 4 is 17.9 Å². The molecule has 0 heterocycles. The second-order valence-corrected chi connectivity index (χ2v) is 22.3. The van der Waals surface area contributed by atoms with Gasteiger partial charge in [-0.05, 0) is 89.9 Å². The van der Waals surface area contributed by atoms with Crippen LogP contribution >= 0.6 is 0 Å². The van der Waals surface area contributed by atoms with Crippen molar-refractivity contribution in [3.63, 3.8) is 0 Å². The van der Waals surface area contributed by atoms with Gasteiger partial charge in [0.05, 0.1) is 40.3 Å². The lowest BCUT2D eigenvalue weighted by molar-refractivity contribution is -0.870. The van der Waals surface area contributed by atoms with Crippen molar-refractivity contribution in [1.82, 2.24) is 0 Å². The maximum atomic E-state index is 12.9. The summed E-state index contributed by atoms with van der Waals surface area (Å²) in [5, 5.41) is 11.8. The third-order valence-corrected chi connectivity index (χ3v) is 13.6. The number of aliphatic carboxylic acids is 1. The number of carboxylic acid groups (broad SMARTS) is 1. The Kier molecular flexibility index (Phi) is 55.9. The Morgan fingerprint density at radius 3 is 1.12 bits per heavy atom. The Bertz CT molecular complexity index is 1540. The van der Waals surface area contributed by atoms with Gasteiger partial charge in [-0.1, -0.05) is 253 Å². The fourth-order valence-electron chi connectivity index (χ4n) is 8.77. The SMILES string of the molecule is CC/C=C\C/C=C\C/C=C\C/C=C\C/C=C\C/C=C\CCCCCCCCCCCCC(=O)OC(COC(=O)CCCCCCCCCCCCC/C=C\CCCCCCCCCC)COC(OCC[N+](C)(C)C)C(=O)[O-]. The molecule has 0 spiro atoms. The zero-order valence-electron chi connectivity index (χ0n) is 50.6. The minimum atomic E-state index is -1.63. The molecule has 0 fully saturated rings. The number of quaternary nitrogens is 1. The largest absolute Gasteiger partial charge is 0.545 e. The number of rotatable bonds is 58. The second-order valence-electron chi connectivity index (χ2n) is 22.3. The first-order valence-electron chi connectivity index (χ1n) is 31.7. The second kappa shape index (κ2) is 58.6. The monoisotopic (exact) mass is 1080 g/mol. The highest BCUT2D eigenvalue weighted by atomic mass is 16.7. The molecule has 0 amide bonds. The van der Waals surface area contributed by atoms with E-state index in [0.717, 1.165) is 83.5 Å². The van der Waals surface area contributed by atoms with Crippen molar-refractivity contribution in [1.29, 1.82) is 0 Å². The van der Waals surface area contributed by atoms with Gasteiger partial charge in [-0.2, -0.15) is 0 Å². The number of unbranched alkanes of at least 4 members (excludes halogenated alkanes) is 29. The molecule has 0 saturated carbocycles. The van der Waals surface area contributed by atoms with Gasteiger partial charge in [0.2, 0.25) is 0 Å².